The van der Waals surface area contributed by atoms with Crippen LogP contribution in [0.15, 0.2) is 18.3 Å². The molecule has 1 unspecified atom stereocenters. The molecule has 0 amide bonds. The van der Waals surface area contributed by atoms with Crippen LogP contribution in [0, 0.1) is 6.92 Å². The van der Waals surface area contributed by atoms with Gasteiger partial charge in [0.25, 0.3) is 0 Å². The zero-order valence-electron chi connectivity index (χ0n) is 7.75. The van der Waals surface area contributed by atoms with E-state index in [2.05, 4.69) is 18.0 Å². The third-order valence-corrected chi connectivity index (χ3v) is 2.18. The minimum atomic E-state index is 0.470. The fourth-order valence-corrected chi connectivity index (χ4v) is 1.26. The highest BCUT2D eigenvalue weighted by Crippen LogP contribution is 2.16. The lowest BCUT2D eigenvalue weighted by Crippen LogP contribution is -2.11. The average molecular weight is 164 g/mol. The molecule has 12 heavy (non-hydrogen) atoms. The quantitative estimate of drug-likeness (QED) is 0.740. The maximum atomic E-state index is 5.63. The van der Waals surface area contributed by atoms with Crippen LogP contribution in [-0.2, 0) is 0 Å². The van der Waals surface area contributed by atoms with Gasteiger partial charge in [-0.1, -0.05) is 13.0 Å². The van der Waals surface area contributed by atoms with Crippen molar-refractivity contribution >= 4 is 0 Å². The Balaban J connectivity index is 2.80. The van der Waals surface area contributed by atoms with Crippen LogP contribution in [0.4, 0.5) is 0 Å². The van der Waals surface area contributed by atoms with Crippen LogP contribution in [0.2, 0.25) is 0 Å². The van der Waals surface area contributed by atoms with E-state index in [9.17, 15) is 0 Å². The van der Waals surface area contributed by atoms with Crippen LogP contribution < -0.4 is 5.73 Å². The molecule has 66 valence electrons. The lowest BCUT2D eigenvalue weighted by atomic mass is 9.98. The number of aromatic nitrogens is 1. The van der Waals surface area contributed by atoms with E-state index in [0.717, 1.165) is 12.1 Å². The van der Waals surface area contributed by atoms with Crippen molar-refractivity contribution in [2.45, 2.75) is 26.2 Å². The van der Waals surface area contributed by atoms with Crippen LogP contribution in [0.3, 0.4) is 0 Å². The second-order valence-electron chi connectivity index (χ2n) is 3.07. The highest BCUT2D eigenvalue weighted by molar-refractivity contribution is 5.17. The maximum absolute atomic E-state index is 5.63. The molecule has 0 fully saturated rings. The average Bonchev–Trinajstić information content (AvgIpc) is 2.10. The molecule has 1 atom stereocenters. The summed E-state index contributed by atoms with van der Waals surface area (Å²) in [7, 11) is 0. The molecule has 0 radical (unpaired) electrons. The molecule has 0 bridgehead atoms. The van der Waals surface area contributed by atoms with Crippen molar-refractivity contribution < 1.29 is 0 Å². The maximum Gasteiger partial charge on any atom is 0.0372 e. The summed E-state index contributed by atoms with van der Waals surface area (Å²) in [5.41, 5.74) is 7.94. The summed E-state index contributed by atoms with van der Waals surface area (Å²) in [5, 5.41) is 0. The molecular weight excluding hydrogens is 148 g/mol. The van der Waals surface area contributed by atoms with Gasteiger partial charge in [-0.15, -0.1) is 0 Å². The number of pyridine rings is 1. The van der Waals surface area contributed by atoms with Gasteiger partial charge < -0.3 is 5.73 Å². The third kappa shape index (κ3) is 2.05. The molecule has 0 aliphatic carbocycles. The summed E-state index contributed by atoms with van der Waals surface area (Å²) in [6.45, 7) is 4.85. The standard InChI is InChI=1S/C10H16N2/c1-3-9(6-11)10-5-4-8(2)12-7-10/h4-5,7,9H,3,6,11H2,1-2H3. The number of rotatable bonds is 3. The fraction of sp³-hybridized carbons (Fsp3) is 0.500. The first-order chi connectivity index (χ1) is 5.77. The predicted molar refractivity (Wildman–Crippen MR) is 51.1 cm³/mol. The zero-order chi connectivity index (χ0) is 8.97. The SMILES string of the molecule is CCC(CN)c1ccc(C)nc1. The summed E-state index contributed by atoms with van der Waals surface area (Å²) < 4.78 is 0. The van der Waals surface area contributed by atoms with E-state index in [-0.39, 0.29) is 0 Å². The molecule has 2 N–H and O–H groups in total. The second kappa shape index (κ2) is 4.21. The Labute approximate surface area is 73.8 Å². The number of aryl methyl sites for hydroxylation is 1. The highest BCUT2D eigenvalue weighted by Gasteiger charge is 2.05. The Morgan fingerprint density at radius 1 is 1.50 bits per heavy atom. The van der Waals surface area contributed by atoms with Crippen LogP contribution >= 0.6 is 0 Å². The Hall–Kier alpha value is -0.890. The monoisotopic (exact) mass is 164 g/mol. The van der Waals surface area contributed by atoms with Gasteiger partial charge in [0.2, 0.25) is 0 Å². The minimum Gasteiger partial charge on any atom is -0.330 e. The van der Waals surface area contributed by atoms with Crippen molar-refractivity contribution in [1.29, 1.82) is 0 Å². The molecular formula is C10H16N2. The van der Waals surface area contributed by atoms with Crippen molar-refractivity contribution in [1.82, 2.24) is 4.98 Å². The number of nitrogens with zero attached hydrogens (tertiary/aromatic N) is 1. The van der Waals surface area contributed by atoms with E-state index in [4.69, 9.17) is 5.73 Å². The topological polar surface area (TPSA) is 38.9 Å². The molecule has 1 rings (SSSR count). The minimum absolute atomic E-state index is 0.470. The van der Waals surface area contributed by atoms with Crippen molar-refractivity contribution in [2.75, 3.05) is 6.54 Å². The summed E-state index contributed by atoms with van der Waals surface area (Å²) in [6.07, 6.45) is 3.01. The van der Waals surface area contributed by atoms with Crippen LogP contribution in [-0.4, -0.2) is 11.5 Å². The second-order valence-corrected chi connectivity index (χ2v) is 3.07. The lowest BCUT2D eigenvalue weighted by Gasteiger charge is -2.11. The Kier molecular flexibility index (Phi) is 3.23. The van der Waals surface area contributed by atoms with E-state index in [1.165, 1.54) is 5.56 Å². The Bertz CT molecular complexity index is 224. The van der Waals surface area contributed by atoms with Crippen molar-refractivity contribution in [3.8, 4) is 0 Å². The van der Waals surface area contributed by atoms with Crippen LogP contribution in [0.5, 0.6) is 0 Å². The predicted octanol–water partition coefficient (Wildman–Crippen LogP) is 1.84. The molecule has 0 saturated heterocycles. The summed E-state index contributed by atoms with van der Waals surface area (Å²) in [6, 6.07) is 4.15. The molecule has 0 aliphatic rings. The van der Waals surface area contributed by atoms with Crippen molar-refractivity contribution in [3.63, 3.8) is 0 Å². The molecule has 1 heterocycles. The van der Waals surface area contributed by atoms with Crippen LogP contribution in [0.25, 0.3) is 0 Å². The third-order valence-electron chi connectivity index (χ3n) is 2.18. The number of hydrogen-bond acceptors (Lipinski definition) is 2. The van der Waals surface area contributed by atoms with Crippen molar-refractivity contribution in [2.24, 2.45) is 5.73 Å². The van der Waals surface area contributed by atoms with E-state index in [1.54, 1.807) is 0 Å². The van der Waals surface area contributed by atoms with Gasteiger partial charge in [-0.2, -0.15) is 0 Å². The smallest absolute Gasteiger partial charge is 0.0372 e. The number of nitrogens with two attached hydrogens (primary N) is 1. The molecule has 0 aliphatic heterocycles. The first-order valence-electron chi connectivity index (χ1n) is 4.40. The normalized spacial score (nSPS) is 12.9. The summed E-state index contributed by atoms with van der Waals surface area (Å²) in [4.78, 5) is 4.24. The molecule has 2 heteroatoms. The Morgan fingerprint density at radius 3 is 2.67 bits per heavy atom. The zero-order valence-corrected chi connectivity index (χ0v) is 7.75. The Morgan fingerprint density at radius 2 is 2.25 bits per heavy atom. The van der Waals surface area contributed by atoms with E-state index in [1.807, 2.05) is 19.2 Å². The van der Waals surface area contributed by atoms with Gasteiger partial charge in [0.15, 0.2) is 0 Å². The van der Waals surface area contributed by atoms with Gasteiger partial charge in [0.05, 0.1) is 0 Å². The molecule has 1 aromatic heterocycles. The summed E-state index contributed by atoms with van der Waals surface area (Å²) in [5.74, 6) is 0.470. The van der Waals surface area contributed by atoms with Gasteiger partial charge in [-0.3, -0.25) is 4.98 Å². The molecule has 1 aromatic rings. The fourth-order valence-electron chi connectivity index (χ4n) is 1.26. The van der Waals surface area contributed by atoms with E-state index >= 15 is 0 Å². The van der Waals surface area contributed by atoms with Crippen molar-refractivity contribution in [3.05, 3.63) is 29.6 Å². The van der Waals surface area contributed by atoms with Gasteiger partial charge >= 0.3 is 0 Å². The number of hydrogen-bond donors (Lipinski definition) is 1. The summed E-state index contributed by atoms with van der Waals surface area (Å²) >= 11 is 0. The first kappa shape index (κ1) is 9.20. The molecule has 0 saturated carbocycles. The molecule has 0 spiro atoms. The van der Waals surface area contributed by atoms with E-state index < -0.39 is 0 Å². The highest BCUT2D eigenvalue weighted by atomic mass is 14.7. The van der Waals surface area contributed by atoms with Gasteiger partial charge in [-0.25, -0.2) is 0 Å². The lowest BCUT2D eigenvalue weighted by molar-refractivity contribution is 0.671. The van der Waals surface area contributed by atoms with Crippen LogP contribution in [0.1, 0.15) is 30.5 Å². The van der Waals surface area contributed by atoms with Gasteiger partial charge in [0, 0.05) is 11.9 Å². The van der Waals surface area contributed by atoms with E-state index in [0.29, 0.717) is 12.5 Å². The first-order valence-corrected chi connectivity index (χ1v) is 4.40. The molecule has 2 nitrogen and oxygen atoms in total. The van der Waals surface area contributed by atoms with Gasteiger partial charge in [-0.05, 0) is 37.4 Å². The van der Waals surface area contributed by atoms with Gasteiger partial charge in [0.1, 0.15) is 0 Å². The molecule has 0 aromatic carbocycles. The largest absolute Gasteiger partial charge is 0.330 e.